The van der Waals surface area contributed by atoms with Crippen LogP contribution in [0, 0.1) is 6.92 Å². The highest BCUT2D eigenvalue weighted by Gasteiger charge is 2.42. The van der Waals surface area contributed by atoms with Crippen molar-refractivity contribution >= 4 is 5.91 Å². The lowest BCUT2D eigenvalue weighted by molar-refractivity contribution is 0.0654. The van der Waals surface area contributed by atoms with Crippen LogP contribution in [0.4, 0.5) is 0 Å². The third kappa shape index (κ3) is 2.26. The predicted molar refractivity (Wildman–Crippen MR) is 82.0 cm³/mol. The molecule has 2 unspecified atom stereocenters. The highest BCUT2D eigenvalue weighted by Crippen LogP contribution is 2.33. The van der Waals surface area contributed by atoms with E-state index in [2.05, 4.69) is 33.8 Å². The minimum atomic E-state index is -0.0286. The fourth-order valence-corrected chi connectivity index (χ4v) is 3.82. The molecule has 1 saturated heterocycles. The lowest BCUT2D eigenvalue weighted by atomic mass is 10.1. The van der Waals surface area contributed by atoms with Gasteiger partial charge in [0, 0.05) is 31.0 Å². The standard InChI is InChI=1S/C16H21N5O2/c1-9(2)15-18-17-14-7-11-4-5-12(8-20(14)15)21(11)16(22)13-6-10(3)23-19-13/h6,9,11-12H,4-5,7-8H2,1-3H3. The van der Waals surface area contributed by atoms with Crippen LogP contribution >= 0.6 is 0 Å². The molecule has 7 nitrogen and oxygen atoms in total. The van der Waals surface area contributed by atoms with E-state index in [4.69, 9.17) is 4.52 Å². The van der Waals surface area contributed by atoms with E-state index in [1.54, 1.807) is 13.0 Å². The summed E-state index contributed by atoms with van der Waals surface area (Å²) in [6.07, 6.45) is 2.79. The van der Waals surface area contributed by atoms with Crippen molar-refractivity contribution < 1.29 is 9.32 Å². The van der Waals surface area contributed by atoms with Crippen LogP contribution in [0.25, 0.3) is 0 Å². The van der Waals surface area contributed by atoms with E-state index in [0.29, 0.717) is 17.4 Å². The molecule has 2 bridgehead atoms. The average Bonchev–Trinajstić information content (AvgIpc) is 3.16. The molecule has 1 amide bonds. The molecule has 4 rings (SSSR count). The van der Waals surface area contributed by atoms with E-state index in [9.17, 15) is 4.79 Å². The molecule has 0 spiro atoms. The maximum Gasteiger partial charge on any atom is 0.276 e. The molecule has 2 aromatic heterocycles. The fourth-order valence-electron chi connectivity index (χ4n) is 3.82. The summed E-state index contributed by atoms with van der Waals surface area (Å²) in [5, 5.41) is 12.6. The van der Waals surface area contributed by atoms with Crippen molar-refractivity contribution in [3.63, 3.8) is 0 Å². The van der Waals surface area contributed by atoms with Crippen molar-refractivity contribution in [2.45, 2.75) is 64.6 Å². The van der Waals surface area contributed by atoms with Crippen molar-refractivity contribution in [3.8, 4) is 0 Å². The Morgan fingerprint density at radius 1 is 1.30 bits per heavy atom. The Morgan fingerprint density at radius 2 is 2.09 bits per heavy atom. The topological polar surface area (TPSA) is 77.1 Å². The molecule has 2 aromatic rings. The van der Waals surface area contributed by atoms with Gasteiger partial charge < -0.3 is 14.0 Å². The number of hydrogen-bond acceptors (Lipinski definition) is 5. The highest BCUT2D eigenvalue weighted by atomic mass is 16.5. The monoisotopic (exact) mass is 315 g/mol. The van der Waals surface area contributed by atoms with Gasteiger partial charge in [-0.25, -0.2) is 0 Å². The van der Waals surface area contributed by atoms with Crippen LogP contribution in [0.2, 0.25) is 0 Å². The number of aromatic nitrogens is 4. The predicted octanol–water partition coefficient (Wildman–Crippen LogP) is 1.93. The molecule has 2 aliphatic heterocycles. The molecular weight excluding hydrogens is 294 g/mol. The largest absolute Gasteiger partial charge is 0.361 e. The minimum absolute atomic E-state index is 0.0286. The van der Waals surface area contributed by atoms with Crippen LogP contribution < -0.4 is 0 Å². The first kappa shape index (κ1) is 14.4. The van der Waals surface area contributed by atoms with Gasteiger partial charge in [0.1, 0.15) is 17.4 Å². The average molecular weight is 315 g/mol. The molecule has 0 aromatic carbocycles. The summed E-state index contributed by atoms with van der Waals surface area (Å²) in [6, 6.07) is 2.07. The van der Waals surface area contributed by atoms with Gasteiger partial charge in [0.2, 0.25) is 0 Å². The van der Waals surface area contributed by atoms with Gasteiger partial charge in [-0.1, -0.05) is 19.0 Å². The third-order valence-corrected chi connectivity index (χ3v) is 4.89. The molecule has 4 heterocycles. The molecule has 1 fully saturated rings. The molecule has 0 radical (unpaired) electrons. The zero-order valence-electron chi connectivity index (χ0n) is 13.7. The summed E-state index contributed by atoms with van der Waals surface area (Å²) < 4.78 is 7.28. The first-order valence-electron chi connectivity index (χ1n) is 8.22. The third-order valence-electron chi connectivity index (χ3n) is 4.89. The molecule has 0 saturated carbocycles. The molecule has 23 heavy (non-hydrogen) atoms. The van der Waals surface area contributed by atoms with E-state index in [1.807, 2.05) is 4.90 Å². The molecule has 2 atom stereocenters. The number of carbonyl (C=O) groups excluding carboxylic acids is 1. The normalized spacial score (nSPS) is 23.2. The van der Waals surface area contributed by atoms with E-state index in [1.165, 1.54) is 0 Å². The SMILES string of the molecule is Cc1cc(C(=O)N2C3CCC2Cn2c(nnc2C(C)C)C3)no1. The van der Waals surface area contributed by atoms with Gasteiger partial charge in [-0.3, -0.25) is 4.79 Å². The Bertz CT molecular complexity index is 747. The van der Waals surface area contributed by atoms with Gasteiger partial charge in [-0.15, -0.1) is 10.2 Å². The van der Waals surface area contributed by atoms with E-state index in [0.717, 1.165) is 37.5 Å². The van der Waals surface area contributed by atoms with Gasteiger partial charge in [0.15, 0.2) is 5.69 Å². The fraction of sp³-hybridized carbons (Fsp3) is 0.625. The van der Waals surface area contributed by atoms with Gasteiger partial charge in [-0.05, 0) is 19.8 Å². The summed E-state index contributed by atoms with van der Waals surface area (Å²) in [5.41, 5.74) is 0.404. The van der Waals surface area contributed by atoms with Crippen LogP contribution in [0.1, 0.15) is 60.5 Å². The van der Waals surface area contributed by atoms with Crippen LogP contribution in [0.15, 0.2) is 10.6 Å². The number of fused-ring (bicyclic) bond motifs is 3. The first-order valence-corrected chi connectivity index (χ1v) is 8.22. The van der Waals surface area contributed by atoms with Gasteiger partial charge in [-0.2, -0.15) is 0 Å². The molecule has 0 aliphatic carbocycles. The number of amides is 1. The van der Waals surface area contributed by atoms with Crippen LogP contribution in [-0.4, -0.2) is 42.8 Å². The second-order valence-corrected chi connectivity index (χ2v) is 6.86. The maximum atomic E-state index is 12.9. The number of aryl methyl sites for hydroxylation is 1. The Morgan fingerprint density at radius 3 is 2.78 bits per heavy atom. The first-order chi connectivity index (χ1) is 11.0. The van der Waals surface area contributed by atoms with Crippen molar-refractivity contribution in [3.05, 3.63) is 29.2 Å². The van der Waals surface area contributed by atoms with E-state index in [-0.39, 0.29) is 18.0 Å². The summed E-state index contributed by atoms with van der Waals surface area (Å²) in [4.78, 5) is 14.9. The zero-order chi connectivity index (χ0) is 16.1. The van der Waals surface area contributed by atoms with Crippen molar-refractivity contribution in [1.82, 2.24) is 24.8 Å². The van der Waals surface area contributed by atoms with Crippen LogP contribution in [0.3, 0.4) is 0 Å². The van der Waals surface area contributed by atoms with Crippen molar-refractivity contribution in [1.29, 1.82) is 0 Å². The molecule has 7 heteroatoms. The molecular formula is C16H21N5O2. The minimum Gasteiger partial charge on any atom is -0.361 e. The van der Waals surface area contributed by atoms with E-state index >= 15 is 0 Å². The molecule has 2 aliphatic rings. The lowest BCUT2D eigenvalue weighted by Gasteiger charge is -2.27. The number of carbonyl (C=O) groups is 1. The number of rotatable bonds is 2. The Hall–Kier alpha value is -2.18. The molecule has 0 N–H and O–H groups in total. The summed E-state index contributed by atoms with van der Waals surface area (Å²) in [6.45, 7) is 6.83. The summed E-state index contributed by atoms with van der Waals surface area (Å²) in [7, 11) is 0. The molecule has 122 valence electrons. The zero-order valence-corrected chi connectivity index (χ0v) is 13.7. The summed E-state index contributed by atoms with van der Waals surface area (Å²) >= 11 is 0. The van der Waals surface area contributed by atoms with Crippen molar-refractivity contribution in [2.75, 3.05) is 0 Å². The second-order valence-electron chi connectivity index (χ2n) is 6.86. The van der Waals surface area contributed by atoms with Crippen molar-refractivity contribution in [2.24, 2.45) is 0 Å². The van der Waals surface area contributed by atoms with Gasteiger partial charge >= 0.3 is 0 Å². The van der Waals surface area contributed by atoms with Gasteiger partial charge in [0.25, 0.3) is 5.91 Å². The quantitative estimate of drug-likeness (QED) is 0.846. The second kappa shape index (κ2) is 5.18. The van der Waals surface area contributed by atoms with E-state index < -0.39 is 0 Å². The highest BCUT2D eigenvalue weighted by molar-refractivity contribution is 5.93. The smallest absolute Gasteiger partial charge is 0.276 e. The lowest BCUT2D eigenvalue weighted by Crippen LogP contribution is -2.42. The number of nitrogens with zero attached hydrogens (tertiary/aromatic N) is 5. The van der Waals surface area contributed by atoms with Crippen LogP contribution in [0.5, 0.6) is 0 Å². The Labute approximate surface area is 134 Å². The maximum absolute atomic E-state index is 12.9. The van der Waals surface area contributed by atoms with Crippen LogP contribution in [-0.2, 0) is 13.0 Å². The van der Waals surface area contributed by atoms with Gasteiger partial charge in [0.05, 0.1) is 6.04 Å². The Kier molecular flexibility index (Phi) is 3.25. The summed E-state index contributed by atoms with van der Waals surface area (Å²) in [5.74, 6) is 2.97. The Balaban J connectivity index is 1.67. The number of hydrogen-bond donors (Lipinski definition) is 0.